The summed E-state index contributed by atoms with van der Waals surface area (Å²) >= 11 is 0. The molecule has 1 fully saturated rings. The molecule has 0 atom stereocenters. The average molecular weight is 442 g/mol. The largest absolute Gasteiger partial charge is 0.384 e. The molecule has 1 aromatic carbocycles. The van der Waals surface area contributed by atoms with Crippen LogP contribution in [-0.4, -0.2) is 34.0 Å². The summed E-state index contributed by atoms with van der Waals surface area (Å²) in [5.74, 6) is 1.73. The summed E-state index contributed by atoms with van der Waals surface area (Å²) in [4.78, 5) is 4.19. The second kappa shape index (κ2) is 8.72. The number of nitrogens with one attached hydrogen (secondary N) is 1. The van der Waals surface area contributed by atoms with Crippen molar-refractivity contribution in [2.24, 2.45) is 17.0 Å². The van der Waals surface area contributed by atoms with E-state index in [1.165, 1.54) is 19.3 Å². The van der Waals surface area contributed by atoms with Gasteiger partial charge in [0.15, 0.2) is 0 Å². The highest BCUT2D eigenvalue weighted by Gasteiger charge is 2.29. The molecule has 3 aromatic rings. The van der Waals surface area contributed by atoms with Crippen LogP contribution in [0.2, 0.25) is 0 Å². The minimum Gasteiger partial charge on any atom is -0.384 e. The molecule has 0 bridgehead atoms. The highest BCUT2D eigenvalue weighted by atomic mass is 32.2. The monoisotopic (exact) mass is 441 g/mol. The van der Waals surface area contributed by atoms with Gasteiger partial charge in [0.2, 0.25) is 15.8 Å². The van der Waals surface area contributed by atoms with Crippen LogP contribution >= 0.6 is 0 Å². The van der Waals surface area contributed by atoms with Crippen molar-refractivity contribution in [1.29, 1.82) is 0 Å². The number of sulfonamides is 1. The third-order valence-electron chi connectivity index (χ3n) is 6.24. The van der Waals surface area contributed by atoms with E-state index in [4.69, 9.17) is 10.9 Å². The van der Waals surface area contributed by atoms with Crippen LogP contribution in [0.4, 0.5) is 5.82 Å². The highest BCUT2D eigenvalue weighted by molar-refractivity contribution is 7.89. The molecule has 1 aliphatic carbocycles. The zero-order chi connectivity index (χ0) is 22.0. The minimum absolute atomic E-state index is 0.0563. The van der Waals surface area contributed by atoms with Crippen molar-refractivity contribution in [3.63, 3.8) is 0 Å². The van der Waals surface area contributed by atoms with Gasteiger partial charge in [-0.2, -0.15) is 5.21 Å². The number of hydrogen-bond acceptors (Lipinski definition) is 7. The SMILES string of the molecule is CCC1CCC(Cc2ccc(-c3ccc(N)nc3)c(-c3nn[nH]n3)c2S(N)(=O)=O)CC1. The summed E-state index contributed by atoms with van der Waals surface area (Å²) in [6.45, 7) is 2.23. The Hall–Kier alpha value is -2.85. The van der Waals surface area contributed by atoms with Crippen molar-refractivity contribution >= 4 is 15.8 Å². The molecule has 0 spiro atoms. The fourth-order valence-electron chi connectivity index (χ4n) is 4.56. The Labute approximate surface area is 181 Å². The van der Waals surface area contributed by atoms with Crippen LogP contribution in [0.1, 0.15) is 44.6 Å². The zero-order valence-electron chi connectivity index (χ0n) is 17.5. The summed E-state index contributed by atoms with van der Waals surface area (Å²) in [5, 5.41) is 19.9. The number of pyridine rings is 1. The van der Waals surface area contributed by atoms with E-state index in [0.717, 1.165) is 18.8 Å². The first-order chi connectivity index (χ1) is 14.9. The second-order valence-electron chi connectivity index (χ2n) is 8.23. The third-order valence-corrected chi connectivity index (χ3v) is 7.28. The van der Waals surface area contributed by atoms with Gasteiger partial charge < -0.3 is 5.73 Å². The number of benzene rings is 1. The number of rotatable bonds is 6. The van der Waals surface area contributed by atoms with E-state index in [0.29, 0.717) is 40.4 Å². The lowest BCUT2D eigenvalue weighted by Crippen LogP contribution is -2.20. The van der Waals surface area contributed by atoms with E-state index < -0.39 is 10.0 Å². The van der Waals surface area contributed by atoms with Crippen LogP contribution in [0.15, 0.2) is 35.4 Å². The first kappa shape index (κ1) is 21.4. The van der Waals surface area contributed by atoms with E-state index in [1.807, 2.05) is 12.1 Å². The lowest BCUT2D eigenvalue weighted by Gasteiger charge is -2.28. The highest BCUT2D eigenvalue weighted by Crippen LogP contribution is 2.39. The Balaban J connectivity index is 1.84. The predicted molar refractivity (Wildman–Crippen MR) is 118 cm³/mol. The lowest BCUT2D eigenvalue weighted by molar-refractivity contribution is 0.267. The minimum atomic E-state index is -4.06. The van der Waals surface area contributed by atoms with E-state index in [9.17, 15) is 8.42 Å². The molecular formula is C21H27N7O2S. The lowest BCUT2D eigenvalue weighted by atomic mass is 9.78. The molecule has 2 aromatic heterocycles. The summed E-state index contributed by atoms with van der Waals surface area (Å²) in [6, 6.07) is 7.16. The van der Waals surface area contributed by atoms with Crippen molar-refractivity contribution in [2.75, 3.05) is 5.73 Å². The van der Waals surface area contributed by atoms with Crippen molar-refractivity contribution in [3.8, 4) is 22.5 Å². The van der Waals surface area contributed by atoms with Crippen LogP contribution in [0.3, 0.4) is 0 Å². The molecule has 0 saturated heterocycles. The number of hydrogen-bond donors (Lipinski definition) is 3. The molecule has 0 aliphatic heterocycles. The number of nitrogens with zero attached hydrogens (tertiary/aromatic N) is 4. The van der Waals surface area contributed by atoms with Crippen LogP contribution in [0.25, 0.3) is 22.5 Å². The molecule has 0 radical (unpaired) electrons. The predicted octanol–water partition coefficient (Wildman–Crippen LogP) is 2.92. The third kappa shape index (κ3) is 4.59. The molecule has 4 rings (SSSR count). The van der Waals surface area contributed by atoms with Gasteiger partial charge in [0, 0.05) is 11.8 Å². The van der Waals surface area contributed by atoms with Crippen molar-refractivity contribution in [1.82, 2.24) is 25.6 Å². The van der Waals surface area contributed by atoms with Gasteiger partial charge in [0.05, 0.1) is 10.5 Å². The number of nitrogens with two attached hydrogens (primary N) is 2. The first-order valence-corrected chi connectivity index (χ1v) is 12.1. The number of H-pyrrole nitrogens is 1. The van der Waals surface area contributed by atoms with E-state index >= 15 is 0 Å². The normalized spacial score (nSPS) is 19.4. The van der Waals surface area contributed by atoms with E-state index in [2.05, 4.69) is 32.5 Å². The Kier molecular flexibility index (Phi) is 6.01. The molecule has 2 heterocycles. The van der Waals surface area contributed by atoms with E-state index in [-0.39, 0.29) is 10.7 Å². The van der Waals surface area contributed by atoms with Crippen LogP contribution in [0, 0.1) is 11.8 Å². The molecule has 1 saturated carbocycles. The Morgan fingerprint density at radius 3 is 2.42 bits per heavy atom. The molecule has 0 unspecified atom stereocenters. The molecule has 164 valence electrons. The van der Waals surface area contributed by atoms with Crippen LogP contribution in [-0.2, 0) is 16.4 Å². The summed E-state index contributed by atoms with van der Waals surface area (Å²) < 4.78 is 25.6. The van der Waals surface area contributed by atoms with Gasteiger partial charge in [-0.15, -0.1) is 10.2 Å². The second-order valence-corrected chi connectivity index (χ2v) is 9.73. The Bertz CT molecular complexity index is 1140. The number of tetrazole rings is 1. The van der Waals surface area contributed by atoms with Crippen molar-refractivity contribution in [3.05, 3.63) is 36.0 Å². The maximum atomic E-state index is 12.8. The molecule has 31 heavy (non-hydrogen) atoms. The van der Waals surface area contributed by atoms with Crippen LogP contribution in [0.5, 0.6) is 0 Å². The van der Waals surface area contributed by atoms with Gasteiger partial charge in [0.25, 0.3) is 0 Å². The summed E-state index contributed by atoms with van der Waals surface area (Å²) in [6.07, 6.45) is 7.96. The quantitative estimate of drug-likeness (QED) is 0.531. The number of primary sulfonamides is 1. The topological polar surface area (TPSA) is 154 Å². The molecule has 9 nitrogen and oxygen atoms in total. The molecule has 5 N–H and O–H groups in total. The zero-order valence-corrected chi connectivity index (χ0v) is 18.3. The number of aromatic nitrogens is 5. The number of aromatic amines is 1. The van der Waals surface area contributed by atoms with Gasteiger partial charge in [-0.3, -0.25) is 0 Å². The maximum absolute atomic E-state index is 12.8. The fourth-order valence-corrected chi connectivity index (χ4v) is 5.56. The van der Waals surface area contributed by atoms with Crippen molar-refractivity contribution < 1.29 is 8.42 Å². The summed E-state index contributed by atoms with van der Waals surface area (Å²) in [5.41, 5.74) is 8.04. The standard InChI is InChI=1S/C21H27N7O2S/c1-2-13-3-5-14(6-4-13)11-15-7-9-17(16-8-10-18(22)24-12-16)19(20(15)31(23,29)30)21-25-27-28-26-21/h7-10,12-14H,2-6,11H2,1H3,(H2,22,24)(H2,23,29,30)(H,25,26,27,28). The molecular weight excluding hydrogens is 414 g/mol. The van der Waals surface area contributed by atoms with Gasteiger partial charge in [0.1, 0.15) is 5.82 Å². The average Bonchev–Trinajstić information content (AvgIpc) is 3.28. The number of anilines is 1. The smallest absolute Gasteiger partial charge is 0.239 e. The van der Waals surface area contributed by atoms with Crippen molar-refractivity contribution in [2.45, 2.75) is 50.3 Å². The fraction of sp³-hybridized carbons (Fsp3) is 0.429. The Morgan fingerprint density at radius 1 is 1.10 bits per heavy atom. The Morgan fingerprint density at radius 2 is 1.84 bits per heavy atom. The van der Waals surface area contributed by atoms with Gasteiger partial charge in [-0.05, 0) is 59.6 Å². The first-order valence-electron chi connectivity index (χ1n) is 10.5. The van der Waals surface area contributed by atoms with Gasteiger partial charge in [-0.25, -0.2) is 18.5 Å². The molecule has 1 aliphatic rings. The molecule has 10 heteroatoms. The summed E-state index contributed by atoms with van der Waals surface area (Å²) in [7, 11) is -4.06. The molecule has 0 amide bonds. The maximum Gasteiger partial charge on any atom is 0.239 e. The number of nitrogen functional groups attached to an aromatic ring is 1. The van der Waals surface area contributed by atoms with E-state index in [1.54, 1.807) is 18.3 Å². The van der Waals surface area contributed by atoms with Gasteiger partial charge in [-0.1, -0.05) is 38.3 Å². The van der Waals surface area contributed by atoms with Crippen LogP contribution < -0.4 is 10.9 Å². The van der Waals surface area contributed by atoms with Gasteiger partial charge >= 0.3 is 0 Å².